The Balaban J connectivity index is 1.50. The zero-order valence-electron chi connectivity index (χ0n) is 13.2. The van der Waals surface area contributed by atoms with E-state index in [9.17, 15) is 9.59 Å². The number of para-hydroxylation sites is 2. The fraction of sp³-hybridized carbons (Fsp3) is 0.500. The highest BCUT2D eigenvalue weighted by molar-refractivity contribution is 5.90. The lowest BCUT2D eigenvalue weighted by atomic mass is 10.1. The van der Waals surface area contributed by atoms with Gasteiger partial charge in [0.1, 0.15) is 11.8 Å². The predicted molar refractivity (Wildman–Crippen MR) is 86.6 cm³/mol. The predicted octanol–water partition coefficient (Wildman–Crippen LogP) is 0.319. The summed E-state index contributed by atoms with van der Waals surface area (Å²) >= 11 is 0. The minimum absolute atomic E-state index is 0.126. The second kappa shape index (κ2) is 6.76. The third-order valence-corrected chi connectivity index (χ3v) is 4.37. The van der Waals surface area contributed by atoms with Crippen LogP contribution in [0.4, 0.5) is 10.5 Å². The maximum absolute atomic E-state index is 12.0. The lowest BCUT2D eigenvalue weighted by Crippen LogP contribution is -2.44. The molecule has 2 fully saturated rings. The molecule has 2 atom stereocenters. The first-order valence-corrected chi connectivity index (χ1v) is 7.87. The third kappa shape index (κ3) is 3.49. The topological polar surface area (TPSA) is 82.7 Å². The fourth-order valence-corrected chi connectivity index (χ4v) is 3.09. The zero-order chi connectivity index (χ0) is 16.2. The van der Waals surface area contributed by atoms with E-state index in [0.717, 1.165) is 30.9 Å². The van der Waals surface area contributed by atoms with Crippen molar-refractivity contribution in [1.29, 1.82) is 0 Å². The molecule has 3 amide bonds. The summed E-state index contributed by atoms with van der Waals surface area (Å²) in [6, 6.07) is 7.23. The van der Waals surface area contributed by atoms with E-state index >= 15 is 0 Å². The van der Waals surface area contributed by atoms with Crippen molar-refractivity contribution in [3.05, 3.63) is 24.3 Å². The van der Waals surface area contributed by atoms with E-state index in [0.29, 0.717) is 19.0 Å². The number of amides is 3. The van der Waals surface area contributed by atoms with Crippen LogP contribution in [0.3, 0.4) is 0 Å². The minimum Gasteiger partial charge on any atom is -0.495 e. The summed E-state index contributed by atoms with van der Waals surface area (Å²) in [6.07, 6.45) is 1.02. The van der Waals surface area contributed by atoms with Gasteiger partial charge in [0.25, 0.3) is 0 Å². The molecular formula is C16H22N4O3. The summed E-state index contributed by atoms with van der Waals surface area (Å²) < 4.78 is 5.41. The highest BCUT2D eigenvalue weighted by Crippen LogP contribution is 2.31. The van der Waals surface area contributed by atoms with Gasteiger partial charge in [0.05, 0.1) is 12.8 Å². The molecule has 0 saturated carbocycles. The Hall–Kier alpha value is -2.44. The van der Waals surface area contributed by atoms with Crippen LogP contribution in [0.15, 0.2) is 24.3 Å². The van der Waals surface area contributed by atoms with Crippen LogP contribution < -0.4 is 25.6 Å². The normalized spacial score (nSPS) is 23.3. The molecule has 124 valence electrons. The first kappa shape index (κ1) is 15.5. The number of methoxy groups -OCH3 is 1. The fourth-order valence-electron chi connectivity index (χ4n) is 3.09. The number of ether oxygens (including phenoxy) is 1. The lowest BCUT2D eigenvalue weighted by molar-refractivity contribution is -0.122. The summed E-state index contributed by atoms with van der Waals surface area (Å²) in [5.41, 5.74) is 1.09. The summed E-state index contributed by atoms with van der Waals surface area (Å²) in [5.74, 6) is 1.14. The molecule has 0 aliphatic carbocycles. The van der Waals surface area contributed by atoms with Crippen molar-refractivity contribution in [2.24, 2.45) is 5.92 Å². The zero-order valence-corrected chi connectivity index (χ0v) is 13.2. The molecule has 1 aromatic carbocycles. The van der Waals surface area contributed by atoms with Crippen LogP contribution in [-0.4, -0.2) is 51.3 Å². The first-order chi connectivity index (χ1) is 11.2. The number of urea groups is 1. The monoisotopic (exact) mass is 318 g/mol. The van der Waals surface area contributed by atoms with Gasteiger partial charge in [-0.1, -0.05) is 12.1 Å². The molecule has 0 bridgehead atoms. The van der Waals surface area contributed by atoms with E-state index in [1.165, 1.54) is 0 Å². The summed E-state index contributed by atoms with van der Waals surface area (Å²) in [5, 5.41) is 8.11. The number of rotatable bonds is 5. The Bertz CT molecular complexity index is 592. The molecule has 3 rings (SSSR count). The van der Waals surface area contributed by atoms with Gasteiger partial charge in [-0.15, -0.1) is 0 Å². The Morgan fingerprint density at radius 3 is 3.00 bits per heavy atom. The van der Waals surface area contributed by atoms with E-state index in [2.05, 4.69) is 26.9 Å². The van der Waals surface area contributed by atoms with Crippen LogP contribution in [0.2, 0.25) is 0 Å². The Morgan fingerprint density at radius 2 is 2.26 bits per heavy atom. The van der Waals surface area contributed by atoms with Crippen LogP contribution in [-0.2, 0) is 4.79 Å². The smallest absolute Gasteiger partial charge is 0.315 e. The maximum Gasteiger partial charge on any atom is 0.315 e. The average Bonchev–Trinajstić information content (AvgIpc) is 3.21. The SMILES string of the molecule is COc1ccccc1N1CCC(CNC(=O)C2CNC(=O)N2)C1. The van der Waals surface area contributed by atoms with Crippen molar-refractivity contribution < 1.29 is 14.3 Å². The molecule has 0 aromatic heterocycles. The summed E-state index contributed by atoms with van der Waals surface area (Å²) in [7, 11) is 1.68. The molecule has 7 nitrogen and oxygen atoms in total. The van der Waals surface area contributed by atoms with Gasteiger partial charge in [0.15, 0.2) is 0 Å². The second-order valence-electron chi connectivity index (χ2n) is 5.92. The van der Waals surface area contributed by atoms with Gasteiger partial charge in [-0.05, 0) is 24.5 Å². The largest absolute Gasteiger partial charge is 0.495 e. The van der Waals surface area contributed by atoms with Gasteiger partial charge in [-0.25, -0.2) is 4.79 Å². The third-order valence-electron chi connectivity index (χ3n) is 4.37. The van der Waals surface area contributed by atoms with Crippen LogP contribution in [0, 0.1) is 5.92 Å². The molecule has 2 saturated heterocycles. The number of hydrogen-bond donors (Lipinski definition) is 3. The van der Waals surface area contributed by atoms with Gasteiger partial charge < -0.3 is 25.6 Å². The Labute approximate surface area is 135 Å². The van der Waals surface area contributed by atoms with Crippen molar-refractivity contribution in [3.8, 4) is 5.75 Å². The molecule has 7 heteroatoms. The minimum atomic E-state index is -0.464. The number of anilines is 1. The molecule has 0 radical (unpaired) electrons. The molecule has 23 heavy (non-hydrogen) atoms. The molecule has 1 aromatic rings. The van der Waals surface area contributed by atoms with Crippen molar-refractivity contribution in [2.75, 3.05) is 38.2 Å². The molecular weight excluding hydrogens is 296 g/mol. The van der Waals surface area contributed by atoms with Crippen molar-refractivity contribution in [2.45, 2.75) is 12.5 Å². The molecule has 0 spiro atoms. The van der Waals surface area contributed by atoms with Crippen molar-refractivity contribution in [3.63, 3.8) is 0 Å². The second-order valence-corrected chi connectivity index (χ2v) is 5.92. The van der Waals surface area contributed by atoms with Gasteiger partial charge >= 0.3 is 6.03 Å². The van der Waals surface area contributed by atoms with Crippen LogP contribution in [0.5, 0.6) is 5.75 Å². The van der Waals surface area contributed by atoms with E-state index < -0.39 is 6.04 Å². The highest BCUT2D eigenvalue weighted by atomic mass is 16.5. The van der Waals surface area contributed by atoms with Crippen molar-refractivity contribution in [1.82, 2.24) is 16.0 Å². The molecule has 2 heterocycles. The molecule has 2 aliphatic heterocycles. The van der Waals surface area contributed by atoms with Crippen LogP contribution in [0.25, 0.3) is 0 Å². The Morgan fingerprint density at radius 1 is 1.43 bits per heavy atom. The maximum atomic E-state index is 12.0. The highest BCUT2D eigenvalue weighted by Gasteiger charge is 2.29. The van der Waals surface area contributed by atoms with Crippen molar-refractivity contribution >= 4 is 17.6 Å². The number of carbonyl (C=O) groups excluding carboxylic acids is 2. The van der Waals surface area contributed by atoms with E-state index in [4.69, 9.17) is 4.74 Å². The first-order valence-electron chi connectivity index (χ1n) is 7.87. The van der Waals surface area contributed by atoms with Gasteiger partial charge in [-0.2, -0.15) is 0 Å². The molecule has 2 unspecified atom stereocenters. The number of carbonyl (C=O) groups is 2. The van der Waals surface area contributed by atoms with E-state index in [1.54, 1.807) is 7.11 Å². The standard InChI is InChI=1S/C16H22N4O3/c1-23-14-5-3-2-4-13(14)20-7-6-11(10-20)8-17-15(21)12-9-18-16(22)19-12/h2-5,11-12H,6-10H2,1H3,(H,17,21)(H2,18,19,22). The lowest BCUT2D eigenvalue weighted by Gasteiger charge is -2.21. The van der Waals surface area contributed by atoms with E-state index in [-0.39, 0.29) is 11.9 Å². The van der Waals surface area contributed by atoms with Crippen LogP contribution in [0.1, 0.15) is 6.42 Å². The van der Waals surface area contributed by atoms with Gasteiger partial charge in [-0.3, -0.25) is 4.79 Å². The number of hydrogen-bond acceptors (Lipinski definition) is 4. The van der Waals surface area contributed by atoms with Crippen LogP contribution >= 0.6 is 0 Å². The number of nitrogens with zero attached hydrogens (tertiary/aromatic N) is 1. The number of nitrogens with one attached hydrogen (secondary N) is 3. The van der Waals surface area contributed by atoms with Gasteiger partial charge in [0.2, 0.25) is 5.91 Å². The summed E-state index contributed by atoms with van der Waals surface area (Å²) in [4.78, 5) is 25.3. The van der Waals surface area contributed by atoms with Gasteiger partial charge in [0, 0.05) is 26.2 Å². The summed E-state index contributed by atoms with van der Waals surface area (Å²) in [6.45, 7) is 2.80. The molecule has 2 aliphatic rings. The number of benzene rings is 1. The molecule has 3 N–H and O–H groups in total. The average molecular weight is 318 g/mol. The Kier molecular flexibility index (Phi) is 4.55. The quantitative estimate of drug-likeness (QED) is 0.730. The van der Waals surface area contributed by atoms with E-state index in [1.807, 2.05) is 18.2 Å².